The van der Waals surface area contributed by atoms with Gasteiger partial charge in [0, 0.05) is 12.5 Å². The quantitative estimate of drug-likeness (QED) is 0.700. The minimum atomic E-state index is -0.667. The molecule has 1 fully saturated rings. The molecule has 13 heavy (non-hydrogen) atoms. The van der Waals surface area contributed by atoms with Crippen LogP contribution in [0.3, 0.4) is 0 Å². The molecule has 1 rings (SSSR count). The largest absolute Gasteiger partial charge is 0.481 e. The summed E-state index contributed by atoms with van der Waals surface area (Å²) in [5, 5.41) is 12.1. The Morgan fingerprint density at radius 1 is 1.62 bits per heavy atom. The van der Waals surface area contributed by atoms with Crippen LogP contribution in [-0.2, 0) is 4.79 Å². The summed E-state index contributed by atoms with van der Waals surface area (Å²) in [5.41, 5.74) is 0. The number of nitrogens with one attached hydrogen (secondary N) is 1. The van der Waals surface area contributed by atoms with Crippen molar-refractivity contribution in [3.05, 3.63) is 0 Å². The second kappa shape index (κ2) is 5.22. The van der Waals surface area contributed by atoms with Gasteiger partial charge in [0.15, 0.2) is 0 Å². The van der Waals surface area contributed by atoms with Gasteiger partial charge in [0.05, 0.1) is 0 Å². The van der Waals surface area contributed by atoms with Crippen LogP contribution in [0, 0.1) is 5.92 Å². The Kier molecular flexibility index (Phi) is 4.22. The number of aliphatic carboxylic acids is 1. The number of carboxylic acids is 1. The van der Waals surface area contributed by atoms with Crippen LogP contribution in [0.15, 0.2) is 0 Å². The highest BCUT2D eigenvalue weighted by Crippen LogP contribution is 2.20. The lowest BCUT2D eigenvalue weighted by molar-refractivity contribution is -0.138. The van der Waals surface area contributed by atoms with Crippen molar-refractivity contribution in [3.8, 4) is 0 Å². The molecular formula is C10H19NO2. The first-order chi connectivity index (χ1) is 6.24. The van der Waals surface area contributed by atoms with E-state index in [0.717, 1.165) is 19.4 Å². The number of hydrogen-bond acceptors (Lipinski definition) is 2. The van der Waals surface area contributed by atoms with Crippen LogP contribution in [0.5, 0.6) is 0 Å². The predicted molar refractivity (Wildman–Crippen MR) is 51.7 cm³/mol. The second-order valence-corrected chi connectivity index (χ2v) is 3.82. The summed E-state index contributed by atoms with van der Waals surface area (Å²) in [6.45, 7) is 3.13. The average molecular weight is 185 g/mol. The molecule has 2 atom stereocenters. The molecule has 1 saturated heterocycles. The van der Waals surface area contributed by atoms with Gasteiger partial charge in [-0.1, -0.05) is 19.8 Å². The summed E-state index contributed by atoms with van der Waals surface area (Å²) in [6.07, 6.45) is 4.90. The Morgan fingerprint density at radius 2 is 2.38 bits per heavy atom. The molecule has 3 heteroatoms. The van der Waals surface area contributed by atoms with Crippen molar-refractivity contribution in [2.45, 2.75) is 45.1 Å². The van der Waals surface area contributed by atoms with Gasteiger partial charge in [-0.15, -0.1) is 0 Å². The zero-order valence-electron chi connectivity index (χ0n) is 8.25. The van der Waals surface area contributed by atoms with Crippen LogP contribution >= 0.6 is 0 Å². The van der Waals surface area contributed by atoms with E-state index in [2.05, 4.69) is 12.2 Å². The van der Waals surface area contributed by atoms with E-state index >= 15 is 0 Å². The number of rotatable bonds is 4. The Hall–Kier alpha value is -0.570. The number of piperidine rings is 1. The second-order valence-electron chi connectivity index (χ2n) is 3.82. The zero-order valence-corrected chi connectivity index (χ0v) is 8.25. The van der Waals surface area contributed by atoms with Gasteiger partial charge in [-0.3, -0.25) is 4.79 Å². The van der Waals surface area contributed by atoms with Crippen LogP contribution in [0.25, 0.3) is 0 Å². The molecule has 0 bridgehead atoms. The van der Waals surface area contributed by atoms with Crippen LogP contribution in [0.1, 0.15) is 39.0 Å². The lowest BCUT2D eigenvalue weighted by Gasteiger charge is -2.29. The fourth-order valence-electron chi connectivity index (χ4n) is 2.08. The van der Waals surface area contributed by atoms with Gasteiger partial charge in [-0.25, -0.2) is 0 Å². The number of hydrogen-bond donors (Lipinski definition) is 2. The molecule has 0 aliphatic carbocycles. The summed E-state index contributed by atoms with van der Waals surface area (Å²) in [4.78, 5) is 10.6. The van der Waals surface area contributed by atoms with E-state index in [1.807, 2.05) is 0 Å². The molecule has 2 N–H and O–H groups in total. The molecule has 3 nitrogen and oxygen atoms in total. The first-order valence-corrected chi connectivity index (χ1v) is 5.19. The first kappa shape index (κ1) is 10.5. The SMILES string of the molecule is CCC(CC(=O)O)C1CCCCN1. The van der Waals surface area contributed by atoms with Crippen molar-refractivity contribution in [1.82, 2.24) is 5.32 Å². The summed E-state index contributed by atoms with van der Waals surface area (Å²) in [5.74, 6) is -0.350. The molecule has 0 radical (unpaired) electrons. The van der Waals surface area contributed by atoms with E-state index in [1.165, 1.54) is 12.8 Å². The highest BCUT2D eigenvalue weighted by atomic mass is 16.4. The maximum Gasteiger partial charge on any atom is 0.303 e. The van der Waals surface area contributed by atoms with Crippen molar-refractivity contribution >= 4 is 5.97 Å². The molecule has 1 heterocycles. The van der Waals surface area contributed by atoms with E-state index < -0.39 is 5.97 Å². The van der Waals surface area contributed by atoms with Crippen LogP contribution in [0.2, 0.25) is 0 Å². The summed E-state index contributed by atoms with van der Waals surface area (Å²) in [6, 6.07) is 0.440. The van der Waals surface area contributed by atoms with Gasteiger partial charge < -0.3 is 10.4 Å². The molecule has 0 aromatic carbocycles. The van der Waals surface area contributed by atoms with Crippen LogP contribution in [-0.4, -0.2) is 23.7 Å². The fourth-order valence-corrected chi connectivity index (χ4v) is 2.08. The molecule has 2 unspecified atom stereocenters. The van der Waals surface area contributed by atoms with E-state index in [9.17, 15) is 4.79 Å². The third kappa shape index (κ3) is 3.35. The normalized spacial score (nSPS) is 25.5. The summed E-state index contributed by atoms with van der Waals surface area (Å²) in [7, 11) is 0. The topological polar surface area (TPSA) is 49.3 Å². The van der Waals surface area contributed by atoms with E-state index in [-0.39, 0.29) is 0 Å². The Bertz CT molecular complexity index is 164. The molecule has 0 aromatic heterocycles. The van der Waals surface area contributed by atoms with E-state index in [1.54, 1.807) is 0 Å². The van der Waals surface area contributed by atoms with Crippen LogP contribution in [0.4, 0.5) is 0 Å². The average Bonchev–Trinajstić information content (AvgIpc) is 2.15. The lowest BCUT2D eigenvalue weighted by Crippen LogP contribution is -2.40. The Morgan fingerprint density at radius 3 is 2.85 bits per heavy atom. The first-order valence-electron chi connectivity index (χ1n) is 5.19. The zero-order chi connectivity index (χ0) is 9.68. The fraction of sp³-hybridized carbons (Fsp3) is 0.900. The van der Waals surface area contributed by atoms with Gasteiger partial charge in [0.2, 0.25) is 0 Å². The van der Waals surface area contributed by atoms with Gasteiger partial charge in [0.25, 0.3) is 0 Å². The third-order valence-corrected chi connectivity index (χ3v) is 2.88. The highest BCUT2D eigenvalue weighted by Gasteiger charge is 2.23. The van der Waals surface area contributed by atoms with Gasteiger partial charge >= 0.3 is 5.97 Å². The molecule has 76 valence electrons. The molecule has 0 spiro atoms. The smallest absolute Gasteiger partial charge is 0.303 e. The minimum Gasteiger partial charge on any atom is -0.481 e. The van der Waals surface area contributed by atoms with Gasteiger partial charge in [-0.2, -0.15) is 0 Å². The van der Waals surface area contributed by atoms with Crippen molar-refractivity contribution in [2.24, 2.45) is 5.92 Å². The van der Waals surface area contributed by atoms with Crippen molar-refractivity contribution < 1.29 is 9.90 Å². The minimum absolute atomic E-state index is 0.314. The van der Waals surface area contributed by atoms with Crippen molar-refractivity contribution in [1.29, 1.82) is 0 Å². The van der Waals surface area contributed by atoms with E-state index in [4.69, 9.17) is 5.11 Å². The van der Waals surface area contributed by atoms with E-state index in [0.29, 0.717) is 18.4 Å². The van der Waals surface area contributed by atoms with Gasteiger partial charge in [0.1, 0.15) is 0 Å². The lowest BCUT2D eigenvalue weighted by atomic mass is 9.88. The maximum atomic E-state index is 10.6. The third-order valence-electron chi connectivity index (χ3n) is 2.88. The molecule has 1 aliphatic rings. The van der Waals surface area contributed by atoms with Gasteiger partial charge in [-0.05, 0) is 25.3 Å². The maximum absolute atomic E-state index is 10.6. The monoisotopic (exact) mass is 185 g/mol. The van der Waals surface area contributed by atoms with Crippen molar-refractivity contribution in [3.63, 3.8) is 0 Å². The van der Waals surface area contributed by atoms with Crippen molar-refractivity contribution in [2.75, 3.05) is 6.54 Å². The summed E-state index contributed by atoms with van der Waals surface area (Å²) >= 11 is 0. The highest BCUT2D eigenvalue weighted by molar-refractivity contribution is 5.67. The predicted octanol–water partition coefficient (Wildman–Crippen LogP) is 1.63. The number of carbonyl (C=O) groups is 1. The standard InChI is InChI=1S/C10H19NO2/c1-2-8(7-10(12)13)9-5-3-4-6-11-9/h8-9,11H,2-7H2,1H3,(H,12,13). The molecule has 0 aromatic rings. The molecule has 0 amide bonds. The Labute approximate surface area is 79.5 Å². The van der Waals surface area contributed by atoms with Crippen LogP contribution < -0.4 is 5.32 Å². The number of carboxylic acid groups (broad SMARTS) is 1. The molecule has 0 saturated carbocycles. The summed E-state index contributed by atoms with van der Waals surface area (Å²) < 4.78 is 0. The molecular weight excluding hydrogens is 166 g/mol. The Balaban J connectivity index is 2.39. The molecule has 1 aliphatic heterocycles.